The summed E-state index contributed by atoms with van der Waals surface area (Å²) in [6.45, 7) is 1.85. The molecule has 1 aliphatic carbocycles. The lowest BCUT2D eigenvalue weighted by Gasteiger charge is -2.45. The molecule has 0 radical (unpaired) electrons. The molecule has 1 aromatic carbocycles. The van der Waals surface area contributed by atoms with Gasteiger partial charge in [0.25, 0.3) is 5.91 Å². The van der Waals surface area contributed by atoms with Gasteiger partial charge in [0.15, 0.2) is 0 Å². The molecule has 4 rings (SSSR count). The maximum Gasteiger partial charge on any atom is 0.253 e. The van der Waals surface area contributed by atoms with Crippen LogP contribution in [0.15, 0.2) is 39.4 Å². The van der Waals surface area contributed by atoms with Gasteiger partial charge in [0.05, 0.1) is 12.1 Å². The van der Waals surface area contributed by atoms with E-state index in [1.807, 2.05) is 36.1 Å². The fourth-order valence-electron chi connectivity index (χ4n) is 4.00. The molecule has 8 heteroatoms. The largest absolute Gasteiger partial charge is 0.369 e. The molecular formula is C18H23N7O. The second kappa shape index (κ2) is 6.12. The number of benzene rings is 1. The normalized spacial score (nSPS) is 22.3. The summed E-state index contributed by atoms with van der Waals surface area (Å²) >= 11 is 0. The molecule has 136 valence electrons. The Balaban J connectivity index is 1.67. The molecule has 1 saturated carbocycles. The molecule has 1 fully saturated rings. The van der Waals surface area contributed by atoms with Crippen molar-refractivity contribution in [3.63, 3.8) is 0 Å². The standard InChI is InChI=1S/C18H23N7O/c1-12-11-15(26)25(23-12)14-7-5-13(6-8-14)24-17(20)21-16(19)22-18(24)9-3-2-4-10-18/h5-8H,2-4,9-11H2,1H3,(H4,19,20,21,22). The Morgan fingerprint density at radius 2 is 1.69 bits per heavy atom. The zero-order valence-corrected chi connectivity index (χ0v) is 14.9. The van der Waals surface area contributed by atoms with Crippen LogP contribution in [-0.4, -0.2) is 29.2 Å². The number of aliphatic imine (C=N–C) groups is 2. The van der Waals surface area contributed by atoms with Crippen LogP contribution in [0.2, 0.25) is 0 Å². The molecule has 2 heterocycles. The van der Waals surface area contributed by atoms with Crippen molar-refractivity contribution in [2.45, 2.75) is 51.1 Å². The molecule has 1 aromatic rings. The van der Waals surface area contributed by atoms with Gasteiger partial charge in [0.1, 0.15) is 5.66 Å². The maximum atomic E-state index is 12.0. The summed E-state index contributed by atoms with van der Waals surface area (Å²) in [4.78, 5) is 22.9. The van der Waals surface area contributed by atoms with Gasteiger partial charge in [-0.2, -0.15) is 10.1 Å². The number of nitrogens with two attached hydrogens (primary N) is 2. The van der Waals surface area contributed by atoms with E-state index in [1.54, 1.807) is 0 Å². The van der Waals surface area contributed by atoms with Crippen LogP contribution in [-0.2, 0) is 4.79 Å². The number of anilines is 2. The van der Waals surface area contributed by atoms with Crippen LogP contribution in [0.25, 0.3) is 0 Å². The molecule has 1 spiro atoms. The molecule has 2 aliphatic heterocycles. The van der Waals surface area contributed by atoms with Crippen molar-refractivity contribution in [2.24, 2.45) is 26.6 Å². The van der Waals surface area contributed by atoms with Gasteiger partial charge in [-0.25, -0.2) is 10.0 Å². The van der Waals surface area contributed by atoms with Crippen molar-refractivity contribution in [2.75, 3.05) is 9.91 Å². The van der Waals surface area contributed by atoms with Gasteiger partial charge < -0.3 is 11.5 Å². The lowest BCUT2D eigenvalue weighted by Crippen LogP contribution is -2.58. The number of rotatable bonds is 2. The minimum absolute atomic E-state index is 0.0181. The summed E-state index contributed by atoms with van der Waals surface area (Å²) in [5.41, 5.74) is 14.1. The number of carbonyl (C=O) groups excluding carboxylic acids is 1. The Morgan fingerprint density at radius 1 is 1.04 bits per heavy atom. The van der Waals surface area contributed by atoms with E-state index in [2.05, 4.69) is 15.1 Å². The lowest BCUT2D eigenvalue weighted by molar-refractivity contribution is -0.116. The van der Waals surface area contributed by atoms with Gasteiger partial charge in [-0.3, -0.25) is 9.69 Å². The Labute approximate surface area is 152 Å². The Hall–Kier alpha value is -2.90. The summed E-state index contributed by atoms with van der Waals surface area (Å²) in [6.07, 6.45) is 5.49. The van der Waals surface area contributed by atoms with Gasteiger partial charge in [-0.1, -0.05) is 6.42 Å². The van der Waals surface area contributed by atoms with Gasteiger partial charge >= 0.3 is 0 Å². The van der Waals surface area contributed by atoms with E-state index in [1.165, 1.54) is 11.4 Å². The average molecular weight is 353 g/mol. The highest BCUT2D eigenvalue weighted by Crippen LogP contribution is 2.39. The number of hydrazone groups is 1. The molecule has 0 bridgehead atoms. The van der Waals surface area contributed by atoms with Crippen LogP contribution in [0.3, 0.4) is 0 Å². The monoisotopic (exact) mass is 353 g/mol. The molecule has 8 nitrogen and oxygen atoms in total. The fraction of sp³-hybridized carbons (Fsp3) is 0.444. The third-order valence-corrected chi connectivity index (χ3v) is 5.12. The minimum atomic E-state index is -0.464. The molecule has 26 heavy (non-hydrogen) atoms. The molecular weight excluding hydrogens is 330 g/mol. The second-order valence-electron chi connectivity index (χ2n) is 7.05. The van der Waals surface area contributed by atoms with Crippen molar-refractivity contribution in [1.82, 2.24) is 0 Å². The van der Waals surface area contributed by atoms with Crippen LogP contribution in [0.1, 0.15) is 45.4 Å². The summed E-state index contributed by atoms with van der Waals surface area (Å²) in [5, 5.41) is 5.73. The molecule has 4 N–H and O–H groups in total. The van der Waals surface area contributed by atoms with Gasteiger partial charge in [-0.05, 0) is 56.9 Å². The summed E-state index contributed by atoms with van der Waals surface area (Å²) in [5.74, 6) is 0.582. The van der Waals surface area contributed by atoms with E-state index >= 15 is 0 Å². The van der Waals surface area contributed by atoms with Crippen LogP contribution < -0.4 is 21.4 Å². The van der Waals surface area contributed by atoms with Gasteiger partial charge in [-0.15, -0.1) is 0 Å². The summed E-state index contributed by atoms with van der Waals surface area (Å²) in [6, 6.07) is 7.62. The predicted molar refractivity (Wildman–Crippen MR) is 103 cm³/mol. The maximum absolute atomic E-state index is 12.0. The van der Waals surface area contributed by atoms with Crippen molar-refractivity contribution < 1.29 is 4.79 Å². The van der Waals surface area contributed by atoms with Crippen molar-refractivity contribution in [1.29, 1.82) is 0 Å². The van der Waals surface area contributed by atoms with E-state index in [9.17, 15) is 4.79 Å². The third kappa shape index (κ3) is 2.71. The van der Waals surface area contributed by atoms with Gasteiger partial charge in [0.2, 0.25) is 11.9 Å². The molecule has 0 saturated heterocycles. The van der Waals surface area contributed by atoms with Crippen LogP contribution in [0.4, 0.5) is 11.4 Å². The van der Waals surface area contributed by atoms with E-state index < -0.39 is 5.66 Å². The Morgan fingerprint density at radius 3 is 2.31 bits per heavy atom. The smallest absolute Gasteiger partial charge is 0.253 e. The number of carbonyl (C=O) groups is 1. The van der Waals surface area contributed by atoms with Crippen LogP contribution >= 0.6 is 0 Å². The zero-order valence-electron chi connectivity index (χ0n) is 14.9. The number of nitrogens with zero attached hydrogens (tertiary/aromatic N) is 5. The molecule has 0 atom stereocenters. The SMILES string of the molecule is CC1=NN(c2ccc(N3C(N)=NC(N)=NC34CCCCC4)cc2)C(=O)C1. The lowest BCUT2D eigenvalue weighted by atomic mass is 9.87. The molecule has 1 amide bonds. The molecule has 3 aliphatic rings. The first-order valence-electron chi connectivity index (χ1n) is 8.95. The van der Waals surface area contributed by atoms with Gasteiger partial charge in [0, 0.05) is 11.4 Å². The van der Waals surface area contributed by atoms with E-state index in [0.717, 1.165) is 42.8 Å². The Kier molecular flexibility index (Phi) is 3.90. The number of guanidine groups is 2. The van der Waals surface area contributed by atoms with Crippen LogP contribution in [0, 0.1) is 0 Å². The average Bonchev–Trinajstić information content (AvgIpc) is 2.94. The number of hydrogen-bond donors (Lipinski definition) is 2. The Bertz CT molecular complexity index is 818. The van der Waals surface area contributed by atoms with E-state index in [4.69, 9.17) is 11.5 Å². The minimum Gasteiger partial charge on any atom is -0.369 e. The highest BCUT2D eigenvalue weighted by Gasteiger charge is 2.42. The van der Waals surface area contributed by atoms with Crippen molar-refractivity contribution in [3.05, 3.63) is 24.3 Å². The summed E-state index contributed by atoms with van der Waals surface area (Å²) < 4.78 is 0. The topological polar surface area (TPSA) is 113 Å². The van der Waals surface area contributed by atoms with E-state index in [0.29, 0.717) is 12.4 Å². The highest BCUT2D eigenvalue weighted by molar-refractivity contribution is 6.12. The molecule has 0 aromatic heterocycles. The second-order valence-corrected chi connectivity index (χ2v) is 7.05. The third-order valence-electron chi connectivity index (χ3n) is 5.12. The van der Waals surface area contributed by atoms with Crippen molar-refractivity contribution >= 4 is 34.9 Å². The fourth-order valence-corrected chi connectivity index (χ4v) is 4.00. The number of hydrogen-bond acceptors (Lipinski definition) is 7. The summed E-state index contributed by atoms with van der Waals surface area (Å²) in [7, 11) is 0. The highest BCUT2D eigenvalue weighted by atomic mass is 16.2. The van der Waals surface area contributed by atoms with Crippen molar-refractivity contribution in [3.8, 4) is 0 Å². The zero-order chi connectivity index (χ0) is 18.3. The number of amides is 1. The first kappa shape index (κ1) is 16.6. The quantitative estimate of drug-likeness (QED) is 0.845. The first-order valence-corrected chi connectivity index (χ1v) is 8.95. The van der Waals surface area contributed by atoms with Crippen LogP contribution in [0.5, 0.6) is 0 Å². The molecule has 0 unspecified atom stereocenters. The van der Waals surface area contributed by atoms with E-state index in [-0.39, 0.29) is 11.9 Å². The first-order chi connectivity index (χ1) is 12.5. The predicted octanol–water partition coefficient (Wildman–Crippen LogP) is 1.91.